The summed E-state index contributed by atoms with van der Waals surface area (Å²) in [6, 6.07) is 5.12. The van der Waals surface area contributed by atoms with E-state index in [1.165, 1.54) is 0 Å². The van der Waals surface area contributed by atoms with Crippen LogP contribution in [0.5, 0.6) is 11.5 Å². The molecule has 0 bridgehead atoms. The Morgan fingerprint density at radius 3 is 2.35 bits per heavy atom. The molecule has 1 atom stereocenters. The number of methoxy groups -OCH3 is 2. The highest BCUT2D eigenvalue weighted by molar-refractivity contribution is 6.18. The predicted molar refractivity (Wildman–Crippen MR) is 81.0 cm³/mol. The quantitative estimate of drug-likeness (QED) is 0.593. The molecule has 1 rings (SSSR count). The molecule has 1 aromatic carbocycles. The lowest BCUT2D eigenvalue weighted by molar-refractivity contribution is 0.0952. The van der Waals surface area contributed by atoms with Gasteiger partial charge < -0.3 is 14.8 Å². The summed E-state index contributed by atoms with van der Waals surface area (Å²) in [5.74, 6) is 2.21. The van der Waals surface area contributed by atoms with Crippen LogP contribution in [-0.2, 0) is 0 Å². The first-order valence-corrected chi connectivity index (χ1v) is 7.21. The molecule has 4 nitrogen and oxygen atoms in total. The van der Waals surface area contributed by atoms with Crippen LogP contribution in [0.1, 0.15) is 30.1 Å². The molecule has 0 aromatic heterocycles. The van der Waals surface area contributed by atoms with Gasteiger partial charge in [0.1, 0.15) is 11.5 Å². The second-order valence-electron chi connectivity index (χ2n) is 4.76. The molecule has 0 aliphatic heterocycles. The fraction of sp³-hybridized carbons (Fsp3) is 0.533. The van der Waals surface area contributed by atoms with Crippen molar-refractivity contribution in [2.75, 3.05) is 26.6 Å². The van der Waals surface area contributed by atoms with Gasteiger partial charge in [0.25, 0.3) is 5.91 Å². The van der Waals surface area contributed by atoms with Crippen LogP contribution in [0, 0.1) is 5.92 Å². The fourth-order valence-corrected chi connectivity index (χ4v) is 1.92. The molecule has 0 aliphatic rings. The highest BCUT2D eigenvalue weighted by atomic mass is 35.5. The van der Waals surface area contributed by atoms with E-state index in [2.05, 4.69) is 12.2 Å². The topological polar surface area (TPSA) is 47.6 Å². The Hall–Kier alpha value is -1.42. The Morgan fingerprint density at radius 1 is 1.25 bits per heavy atom. The van der Waals surface area contributed by atoms with Gasteiger partial charge in [-0.3, -0.25) is 4.79 Å². The van der Waals surface area contributed by atoms with E-state index in [0.717, 1.165) is 12.8 Å². The van der Waals surface area contributed by atoms with Gasteiger partial charge in [-0.05, 0) is 30.9 Å². The van der Waals surface area contributed by atoms with Crippen molar-refractivity contribution in [3.8, 4) is 11.5 Å². The fourth-order valence-electron chi connectivity index (χ4n) is 1.77. The smallest absolute Gasteiger partial charge is 0.251 e. The van der Waals surface area contributed by atoms with E-state index in [9.17, 15) is 4.79 Å². The number of rotatable bonds is 8. The summed E-state index contributed by atoms with van der Waals surface area (Å²) in [5, 5.41) is 2.89. The SMILES string of the molecule is COc1cc(OC)cc(C(=O)NCCCC(C)CCl)c1. The lowest BCUT2D eigenvalue weighted by Crippen LogP contribution is -2.24. The number of carbonyl (C=O) groups excluding carboxylic acids is 1. The van der Waals surface area contributed by atoms with Crippen molar-refractivity contribution in [1.82, 2.24) is 5.32 Å². The maximum atomic E-state index is 12.0. The molecule has 0 saturated carbocycles. The molecule has 112 valence electrons. The lowest BCUT2D eigenvalue weighted by atomic mass is 10.1. The van der Waals surface area contributed by atoms with Gasteiger partial charge in [-0.15, -0.1) is 11.6 Å². The first-order valence-electron chi connectivity index (χ1n) is 6.68. The largest absolute Gasteiger partial charge is 0.497 e. The van der Waals surface area contributed by atoms with Crippen LogP contribution in [0.2, 0.25) is 0 Å². The van der Waals surface area contributed by atoms with Crippen molar-refractivity contribution in [3.63, 3.8) is 0 Å². The Balaban J connectivity index is 2.54. The summed E-state index contributed by atoms with van der Waals surface area (Å²) in [6.45, 7) is 2.74. The van der Waals surface area contributed by atoms with E-state index >= 15 is 0 Å². The van der Waals surface area contributed by atoms with E-state index in [1.54, 1.807) is 32.4 Å². The van der Waals surface area contributed by atoms with Crippen molar-refractivity contribution < 1.29 is 14.3 Å². The number of hydrogen-bond donors (Lipinski definition) is 1. The first-order chi connectivity index (χ1) is 9.60. The molecule has 1 unspecified atom stereocenters. The second kappa shape index (κ2) is 8.69. The summed E-state index contributed by atoms with van der Waals surface area (Å²) >= 11 is 5.74. The average Bonchev–Trinajstić information content (AvgIpc) is 2.50. The van der Waals surface area contributed by atoms with Crippen LogP contribution in [0.4, 0.5) is 0 Å². The Labute approximate surface area is 125 Å². The third kappa shape index (κ3) is 5.29. The van der Waals surface area contributed by atoms with Crippen LogP contribution < -0.4 is 14.8 Å². The van der Waals surface area contributed by atoms with Crippen LogP contribution in [0.3, 0.4) is 0 Å². The summed E-state index contributed by atoms with van der Waals surface area (Å²) in [6.07, 6.45) is 1.92. The van der Waals surface area contributed by atoms with Crippen molar-refractivity contribution in [1.29, 1.82) is 0 Å². The number of amides is 1. The average molecular weight is 300 g/mol. The lowest BCUT2D eigenvalue weighted by Gasteiger charge is -2.10. The Kier molecular flexibility index (Phi) is 7.23. The molecule has 0 heterocycles. The minimum atomic E-state index is -0.124. The Bertz CT molecular complexity index is 415. The minimum Gasteiger partial charge on any atom is -0.497 e. The second-order valence-corrected chi connectivity index (χ2v) is 5.07. The summed E-state index contributed by atoms with van der Waals surface area (Å²) in [4.78, 5) is 12.0. The molecule has 1 aromatic rings. The van der Waals surface area contributed by atoms with Gasteiger partial charge in [0.05, 0.1) is 14.2 Å². The monoisotopic (exact) mass is 299 g/mol. The molecule has 1 amide bonds. The molecule has 5 heteroatoms. The van der Waals surface area contributed by atoms with Gasteiger partial charge in [0.15, 0.2) is 0 Å². The van der Waals surface area contributed by atoms with Gasteiger partial charge >= 0.3 is 0 Å². The molecule has 0 saturated heterocycles. The standard InChI is InChI=1S/C15H22ClNO3/c1-11(10-16)5-4-6-17-15(18)12-7-13(19-2)9-14(8-12)20-3/h7-9,11H,4-6,10H2,1-3H3,(H,17,18). The number of carbonyl (C=O) groups is 1. The molecular formula is C15H22ClNO3. The number of halogens is 1. The number of nitrogens with one attached hydrogen (secondary N) is 1. The first kappa shape index (κ1) is 16.6. The molecule has 20 heavy (non-hydrogen) atoms. The third-order valence-corrected chi connectivity index (χ3v) is 3.56. The highest BCUT2D eigenvalue weighted by Crippen LogP contribution is 2.22. The van der Waals surface area contributed by atoms with Gasteiger partial charge in [0, 0.05) is 24.1 Å². The van der Waals surface area contributed by atoms with Crippen molar-refractivity contribution in [2.45, 2.75) is 19.8 Å². The summed E-state index contributed by atoms with van der Waals surface area (Å²) in [5.41, 5.74) is 0.534. The maximum absolute atomic E-state index is 12.0. The molecule has 0 fully saturated rings. The van der Waals surface area contributed by atoms with Crippen LogP contribution >= 0.6 is 11.6 Å². The minimum absolute atomic E-state index is 0.124. The number of benzene rings is 1. The van der Waals surface area contributed by atoms with E-state index in [-0.39, 0.29) is 5.91 Å². The molecule has 0 spiro atoms. The van der Waals surface area contributed by atoms with Gasteiger partial charge in [0.2, 0.25) is 0 Å². The van der Waals surface area contributed by atoms with E-state index in [0.29, 0.717) is 35.4 Å². The van der Waals surface area contributed by atoms with E-state index < -0.39 is 0 Å². The summed E-state index contributed by atoms with van der Waals surface area (Å²) < 4.78 is 10.3. The zero-order chi connectivity index (χ0) is 15.0. The van der Waals surface area contributed by atoms with Crippen LogP contribution in [0.25, 0.3) is 0 Å². The number of hydrogen-bond acceptors (Lipinski definition) is 3. The van der Waals surface area contributed by atoms with E-state index in [1.807, 2.05) is 0 Å². The van der Waals surface area contributed by atoms with Gasteiger partial charge in [-0.1, -0.05) is 6.92 Å². The number of ether oxygens (including phenoxy) is 2. The van der Waals surface area contributed by atoms with Crippen molar-refractivity contribution in [3.05, 3.63) is 23.8 Å². The van der Waals surface area contributed by atoms with Gasteiger partial charge in [-0.2, -0.15) is 0 Å². The molecular weight excluding hydrogens is 278 g/mol. The van der Waals surface area contributed by atoms with E-state index in [4.69, 9.17) is 21.1 Å². The summed E-state index contributed by atoms with van der Waals surface area (Å²) in [7, 11) is 3.12. The van der Waals surface area contributed by atoms with Crippen molar-refractivity contribution in [2.24, 2.45) is 5.92 Å². The molecule has 0 radical (unpaired) electrons. The predicted octanol–water partition coefficient (Wildman–Crippen LogP) is 3.09. The number of alkyl halides is 1. The zero-order valence-electron chi connectivity index (χ0n) is 12.2. The van der Waals surface area contributed by atoms with Crippen LogP contribution in [0.15, 0.2) is 18.2 Å². The normalized spacial score (nSPS) is 11.8. The maximum Gasteiger partial charge on any atom is 0.251 e. The highest BCUT2D eigenvalue weighted by Gasteiger charge is 2.09. The van der Waals surface area contributed by atoms with Crippen LogP contribution in [-0.4, -0.2) is 32.6 Å². The Morgan fingerprint density at radius 2 is 1.85 bits per heavy atom. The van der Waals surface area contributed by atoms with Crippen molar-refractivity contribution >= 4 is 17.5 Å². The molecule has 1 N–H and O–H groups in total. The third-order valence-electron chi connectivity index (χ3n) is 3.04. The molecule has 0 aliphatic carbocycles. The van der Waals surface area contributed by atoms with Gasteiger partial charge in [-0.25, -0.2) is 0 Å². The zero-order valence-corrected chi connectivity index (χ0v) is 13.0.